The molecule has 0 saturated carbocycles. The fraction of sp³-hybridized carbons (Fsp3) is 0.111. The van der Waals surface area contributed by atoms with Crippen molar-refractivity contribution in [1.82, 2.24) is 14.8 Å². The molecule has 78 valence electrons. The first kappa shape index (κ1) is 9.95. The van der Waals surface area contributed by atoms with Crippen molar-refractivity contribution in [3.8, 4) is 5.75 Å². The second-order valence-corrected chi connectivity index (χ2v) is 3.21. The van der Waals surface area contributed by atoms with Gasteiger partial charge >= 0.3 is 6.41 Å². The van der Waals surface area contributed by atoms with Crippen molar-refractivity contribution in [1.29, 1.82) is 0 Å². The molecular formula is C9H8ClN3O2. The van der Waals surface area contributed by atoms with E-state index < -0.39 is 6.41 Å². The van der Waals surface area contributed by atoms with Crippen LogP contribution >= 0.6 is 11.6 Å². The quantitative estimate of drug-likeness (QED) is 0.804. The van der Waals surface area contributed by atoms with E-state index in [0.29, 0.717) is 10.8 Å². The van der Waals surface area contributed by atoms with Crippen molar-refractivity contribution >= 4 is 11.6 Å². The molecule has 1 atom stereocenters. The summed E-state index contributed by atoms with van der Waals surface area (Å²) in [5.41, 5.74) is 0. The largest absolute Gasteiger partial charge is 0.445 e. The van der Waals surface area contributed by atoms with Crippen LogP contribution in [0.25, 0.3) is 0 Å². The number of aliphatic hydroxyl groups is 1. The first-order valence-electron chi connectivity index (χ1n) is 4.20. The van der Waals surface area contributed by atoms with Crippen LogP contribution in [0, 0.1) is 0 Å². The van der Waals surface area contributed by atoms with Crippen molar-refractivity contribution in [2.75, 3.05) is 0 Å². The minimum absolute atomic E-state index is 0.502. The number of hydrogen-bond donors (Lipinski definition) is 1. The average Bonchev–Trinajstić information content (AvgIpc) is 2.74. The van der Waals surface area contributed by atoms with E-state index in [1.54, 1.807) is 24.3 Å². The lowest BCUT2D eigenvalue weighted by molar-refractivity contribution is -0.0883. The zero-order valence-corrected chi connectivity index (χ0v) is 8.37. The highest BCUT2D eigenvalue weighted by molar-refractivity contribution is 6.30. The van der Waals surface area contributed by atoms with Crippen LogP contribution in [-0.4, -0.2) is 19.9 Å². The number of nitrogens with zero attached hydrogens (tertiary/aromatic N) is 3. The highest BCUT2D eigenvalue weighted by Gasteiger charge is 2.07. The number of hydrogen-bond acceptors (Lipinski definition) is 4. The highest BCUT2D eigenvalue weighted by Crippen LogP contribution is 2.18. The first-order chi connectivity index (χ1) is 7.25. The van der Waals surface area contributed by atoms with Gasteiger partial charge in [0.2, 0.25) is 0 Å². The van der Waals surface area contributed by atoms with Gasteiger partial charge in [0.05, 0.1) is 0 Å². The van der Waals surface area contributed by atoms with Gasteiger partial charge in [-0.1, -0.05) is 11.6 Å². The van der Waals surface area contributed by atoms with Crippen molar-refractivity contribution in [2.45, 2.75) is 6.41 Å². The van der Waals surface area contributed by atoms with Gasteiger partial charge < -0.3 is 9.84 Å². The average molecular weight is 226 g/mol. The van der Waals surface area contributed by atoms with Crippen LogP contribution in [0.3, 0.4) is 0 Å². The van der Waals surface area contributed by atoms with E-state index in [2.05, 4.69) is 10.1 Å². The summed E-state index contributed by atoms with van der Waals surface area (Å²) in [6.07, 6.45) is 1.49. The molecule has 2 aromatic rings. The summed E-state index contributed by atoms with van der Waals surface area (Å²) < 4.78 is 6.36. The van der Waals surface area contributed by atoms with Crippen LogP contribution in [0.4, 0.5) is 0 Å². The summed E-state index contributed by atoms with van der Waals surface area (Å²) in [5.74, 6) is 0.502. The standard InChI is InChI=1S/C9H8ClN3O2/c10-7-1-3-8(4-2-7)15-9(14)13-6-11-5-12-13/h1-6,9,14H. The Balaban J connectivity index is 2.06. The molecule has 1 heterocycles. The summed E-state index contributed by atoms with van der Waals surface area (Å²) in [7, 11) is 0. The molecule has 0 spiro atoms. The third-order valence-corrected chi connectivity index (χ3v) is 1.97. The number of benzene rings is 1. The van der Waals surface area contributed by atoms with Crippen LogP contribution < -0.4 is 4.74 Å². The lowest BCUT2D eigenvalue weighted by Gasteiger charge is -2.12. The van der Waals surface area contributed by atoms with Gasteiger partial charge in [-0.15, -0.1) is 0 Å². The monoisotopic (exact) mass is 225 g/mol. The summed E-state index contributed by atoms with van der Waals surface area (Å²) >= 11 is 5.70. The predicted molar refractivity (Wildman–Crippen MR) is 53.4 cm³/mol. The highest BCUT2D eigenvalue weighted by atomic mass is 35.5. The van der Waals surface area contributed by atoms with Gasteiger partial charge in [0.1, 0.15) is 18.4 Å². The van der Waals surface area contributed by atoms with Gasteiger partial charge in [-0.05, 0) is 24.3 Å². The van der Waals surface area contributed by atoms with Gasteiger partial charge in [-0.25, -0.2) is 4.98 Å². The maximum Gasteiger partial charge on any atom is 0.301 e. The fourth-order valence-corrected chi connectivity index (χ4v) is 1.15. The maximum atomic E-state index is 9.54. The van der Waals surface area contributed by atoms with Crippen LogP contribution in [0.5, 0.6) is 5.75 Å². The summed E-state index contributed by atoms with van der Waals surface area (Å²) in [6.45, 7) is 0. The Morgan fingerprint density at radius 1 is 1.33 bits per heavy atom. The van der Waals surface area contributed by atoms with E-state index in [9.17, 15) is 5.11 Å². The Morgan fingerprint density at radius 2 is 2.07 bits per heavy atom. The number of halogens is 1. The molecule has 2 rings (SSSR count). The Labute approximate surface area is 90.9 Å². The van der Waals surface area contributed by atoms with Crippen molar-refractivity contribution in [2.24, 2.45) is 0 Å². The van der Waals surface area contributed by atoms with E-state index in [1.807, 2.05) is 0 Å². The van der Waals surface area contributed by atoms with Gasteiger partial charge in [0.25, 0.3) is 0 Å². The minimum Gasteiger partial charge on any atom is -0.445 e. The molecule has 1 N–H and O–H groups in total. The SMILES string of the molecule is OC(Oc1ccc(Cl)cc1)n1cncn1. The normalized spacial score (nSPS) is 12.4. The number of aromatic nitrogens is 3. The van der Waals surface area contributed by atoms with Crippen molar-refractivity contribution in [3.05, 3.63) is 41.9 Å². The molecule has 0 radical (unpaired) electrons. The molecule has 5 nitrogen and oxygen atoms in total. The Kier molecular flexibility index (Phi) is 2.84. The van der Waals surface area contributed by atoms with E-state index in [-0.39, 0.29) is 0 Å². The Morgan fingerprint density at radius 3 is 2.67 bits per heavy atom. The molecule has 1 aromatic carbocycles. The van der Waals surface area contributed by atoms with Gasteiger partial charge in [0.15, 0.2) is 0 Å². The van der Waals surface area contributed by atoms with Gasteiger partial charge in [-0.3, -0.25) is 0 Å². The Bertz CT molecular complexity index is 415. The van der Waals surface area contributed by atoms with E-state index in [0.717, 1.165) is 0 Å². The lowest BCUT2D eigenvalue weighted by atomic mass is 10.3. The fourth-order valence-electron chi connectivity index (χ4n) is 1.02. The predicted octanol–water partition coefficient (Wildman–Crippen LogP) is 1.46. The summed E-state index contributed by atoms with van der Waals surface area (Å²) in [5, 5.41) is 13.9. The molecule has 0 saturated heterocycles. The maximum absolute atomic E-state index is 9.54. The number of aliphatic hydroxyl groups excluding tert-OH is 1. The summed E-state index contributed by atoms with van der Waals surface area (Å²) in [4.78, 5) is 3.69. The van der Waals surface area contributed by atoms with Gasteiger partial charge in [0, 0.05) is 5.02 Å². The topological polar surface area (TPSA) is 60.2 Å². The third kappa shape index (κ3) is 2.45. The molecule has 1 unspecified atom stereocenters. The number of rotatable bonds is 3. The molecular weight excluding hydrogens is 218 g/mol. The molecule has 0 amide bonds. The molecule has 0 aliphatic rings. The van der Waals surface area contributed by atoms with Crippen LogP contribution in [0.1, 0.15) is 6.41 Å². The Hall–Kier alpha value is -1.59. The van der Waals surface area contributed by atoms with Crippen LogP contribution in [-0.2, 0) is 0 Å². The second kappa shape index (κ2) is 4.29. The zero-order chi connectivity index (χ0) is 10.7. The molecule has 6 heteroatoms. The molecule has 0 aliphatic heterocycles. The smallest absolute Gasteiger partial charge is 0.301 e. The van der Waals surface area contributed by atoms with E-state index >= 15 is 0 Å². The van der Waals surface area contributed by atoms with Crippen molar-refractivity contribution < 1.29 is 9.84 Å². The van der Waals surface area contributed by atoms with E-state index in [1.165, 1.54) is 17.3 Å². The van der Waals surface area contributed by atoms with E-state index in [4.69, 9.17) is 16.3 Å². The van der Waals surface area contributed by atoms with Gasteiger partial charge in [-0.2, -0.15) is 9.78 Å². The number of ether oxygens (including phenoxy) is 1. The lowest BCUT2D eigenvalue weighted by Crippen LogP contribution is -2.15. The molecule has 0 aliphatic carbocycles. The van der Waals surface area contributed by atoms with Crippen LogP contribution in [0.15, 0.2) is 36.9 Å². The van der Waals surface area contributed by atoms with Crippen LogP contribution in [0.2, 0.25) is 5.02 Å². The molecule has 0 bridgehead atoms. The molecule has 15 heavy (non-hydrogen) atoms. The minimum atomic E-state index is -1.19. The first-order valence-corrected chi connectivity index (χ1v) is 4.58. The molecule has 1 aromatic heterocycles. The molecule has 0 fully saturated rings. The zero-order valence-electron chi connectivity index (χ0n) is 7.62. The van der Waals surface area contributed by atoms with Crippen molar-refractivity contribution in [3.63, 3.8) is 0 Å². The second-order valence-electron chi connectivity index (χ2n) is 2.77. The summed E-state index contributed by atoms with van der Waals surface area (Å²) in [6, 6.07) is 6.65. The third-order valence-electron chi connectivity index (χ3n) is 1.72.